The zero-order chi connectivity index (χ0) is 15.6. The predicted molar refractivity (Wildman–Crippen MR) is 77.9 cm³/mol. The van der Waals surface area contributed by atoms with Gasteiger partial charge in [-0.05, 0) is 30.7 Å². The van der Waals surface area contributed by atoms with Crippen LogP contribution in [-0.4, -0.2) is 13.5 Å². The topological polar surface area (TPSA) is 92.4 Å². The van der Waals surface area contributed by atoms with Crippen molar-refractivity contribution in [2.75, 3.05) is 5.32 Å². The molecule has 4 N–H and O–H groups in total. The molecule has 5 nitrogen and oxygen atoms in total. The highest BCUT2D eigenvalue weighted by atomic mass is 32.2. The van der Waals surface area contributed by atoms with Gasteiger partial charge in [0.15, 0.2) is 11.6 Å². The molecule has 2 aromatic carbocycles. The summed E-state index contributed by atoms with van der Waals surface area (Å²) in [7, 11) is -3.80. The van der Waals surface area contributed by atoms with Crippen LogP contribution in [0.25, 0.3) is 0 Å². The summed E-state index contributed by atoms with van der Waals surface area (Å²) in [6.45, 7) is 1.77. The van der Waals surface area contributed by atoms with Crippen LogP contribution in [0.4, 0.5) is 10.1 Å². The number of benzene rings is 2. The van der Waals surface area contributed by atoms with Crippen LogP contribution in [0.1, 0.15) is 11.1 Å². The largest absolute Gasteiger partial charge is 0.505 e. The van der Waals surface area contributed by atoms with Crippen LogP contribution >= 0.6 is 0 Å². The van der Waals surface area contributed by atoms with Gasteiger partial charge in [0.25, 0.3) is 0 Å². The van der Waals surface area contributed by atoms with Crippen molar-refractivity contribution in [2.45, 2.75) is 18.4 Å². The zero-order valence-electron chi connectivity index (χ0n) is 11.3. The summed E-state index contributed by atoms with van der Waals surface area (Å²) in [5.74, 6) is -1.13. The number of hydrogen-bond acceptors (Lipinski definition) is 4. The fraction of sp³-hybridized carbons (Fsp3) is 0.143. The number of para-hydroxylation sites is 1. The van der Waals surface area contributed by atoms with Crippen LogP contribution in [0, 0.1) is 12.7 Å². The van der Waals surface area contributed by atoms with E-state index in [2.05, 4.69) is 5.32 Å². The molecule has 0 fully saturated rings. The molecule has 2 rings (SSSR count). The maximum atomic E-state index is 13.2. The lowest BCUT2D eigenvalue weighted by atomic mass is 10.1. The van der Waals surface area contributed by atoms with Gasteiger partial charge in [0, 0.05) is 17.8 Å². The number of nitrogens with two attached hydrogens (primary N) is 1. The smallest absolute Gasteiger partial charge is 0.238 e. The Morgan fingerprint density at radius 3 is 2.57 bits per heavy atom. The Labute approximate surface area is 122 Å². The molecule has 21 heavy (non-hydrogen) atoms. The number of nitrogens with one attached hydrogen (secondary N) is 1. The van der Waals surface area contributed by atoms with Crippen molar-refractivity contribution < 1.29 is 17.9 Å². The molecule has 112 valence electrons. The minimum absolute atomic E-state index is 0.0240. The molecule has 0 heterocycles. The third-order valence-electron chi connectivity index (χ3n) is 3.13. The van der Waals surface area contributed by atoms with Crippen LogP contribution in [0.2, 0.25) is 0 Å². The highest BCUT2D eigenvalue weighted by Crippen LogP contribution is 2.25. The van der Waals surface area contributed by atoms with E-state index in [1.54, 1.807) is 25.1 Å². The Hall–Kier alpha value is -2.12. The van der Waals surface area contributed by atoms with Crippen LogP contribution in [-0.2, 0) is 16.6 Å². The lowest BCUT2D eigenvalue weighted by molar-refractivity contribution is 0.427. The van der Waals surface area contributed by atoms with E-state index in [1.165, 1.54) is 12.1 Å². The number of hydrogen-bond donors (Lipinski definition) is 3. The highest BCUT2D eigenvalue weighted by Gasteiger charge is 2.14. The normalized spacial score (nSPS) is 11.4. The van der Waals surface area contributed by atoms with Crippen molar-refractivity contribution in [1.29, 1.82) is 0 Å². The molecule has 0 saturated carbocycles. The van der Waals surface area contributed by atoms with Gasteiger partial charge < -0.3 is 10.4 Å². The first kappa shape index (κ1) is 15.3. The van der Waals surface area contributed by atoms with Crippen LogP contribution in [0.15, 0.2) is 41.3 Å². The first-order valence-corrected chi connectivity index (χ1v) is 7.68. The molecule has 0 aliphatic rings. The van der Waals surface area contributed by atoms with Gasteiger partial charge in [-0.2, -0.15) is 0 Å². The number of aromatic hydroxyl groups is 1. The summed E-state index contributed by atoms with van der Waals surface area (Å²) in [6.07, 6.45) is 0. The lowest BCUT2D eigenvalue weighted by Gasteiger charge is -2.13. The summed E-state index contributed by atoms with van der Waals surface area (Å²) >= 11 is 0. The Bertz CT molecular complexity index is 776. The molecule has 0 radical (unpaired) electrons. The van der Waals surface area contributed by atoms with Crippen LogP contribution < -0.4 is 10.5 Å². The molecule has 0 amide bonds. The number of halogens is 1. The monoisotopic (exact) mass is 310 g/mol. The number of anilines is 1. The number of primary sulfonamides is 1. The third kappa shape index (κ3) is 3.32. The second-order valence-corrected chi connectivity index (χ2v) is 6.10. The molecule has 2 aromatic rings. The Balaban J connectivity index is 2.27. The van der Waals surface area contributed by atoms with E-state index in [9.17, 15) is 17.9 Å². The second kappa shape index (κ2) is 5.71. The number of phenolic OH excluding ortho intramolecular Hbond substituents is 1. The lowest BCUT2D eigenvalue weighted by Crippen LogP contribution is -2.14. The maximum absolute atomic E-state index is 13.2. The van der Waals surface area contributed by atoms with Gasteiger partial charge in [0.2, 0.25) is 10.0 Å². The van der Waals surface area contributed by atoms with Gasteiger partial charge in [-0.3, -0.25) is 0 Å². The van der Waals surface area contributed by atoms with Gasteiger partial charge in [-0.25, -0.2) is 17.9 Å². The maximum Gasteiger partial charge on any atom is 0.238 e. The van der Waals surface area contributed by atoms with E-state index < -0.39 is 21.6 Å². The Morgan fingerprint density at radius 2 is 1.90 bits per heavy atom. The predicted octanol–water partition coefficient (Wildman–Crippen LogP) is 2.10. The summed E-state index contributed by atoms with van der Waals surface area (Å²) in [5, 5.41) is 17.7. The highest BCUT2D eigenvalue weighted by molar-refractivity contribution is 7.89. The van der Waals surface area contributed by atoms with Crippen molar-refractivity contribution >= 4 is 15.7 Å². The molecular formula is C14H15FN2O3S. The molecular weight excluding hydrogens is 295 g/mol. The van der Waals surface area contributed by atoms with Crippen molar-refractivity contribution in [2.24, 2.45) is 5.14 Å². The molecule has 0 aliphatic carbocycles. The van der Waals surface area contributed by atoms with Crippen molar-refractivity contribution in [1.82, 2.24) is 0 Å². The summed E-state index contributed by atoms with van der Waals surface area (Å²) in [4.78, 5) is 0.0240. The summed E-state index contributed by atoms with van der Waals surface area (Å²) < 4.78 is 36.1. The van der Waals surface area contributed by atoms with Gasteiger partial charge >= 0.3 is 0 Å². The number of rotatable bonds is 4. The molecule has 0 aromatic heterocycles. The zero-order valence-corrected chi connectivity index (χ0v) is 12.1. The average Bonchev–Trinajstić information content (AvgIpc) is 2.40. The van der Waals surface area contributed by atoms with E-state index in [4.69, 9.17) is 5.14 Å². The van der Waals surface area contributed by atoms with Gasteiger partial charge in [0.1, 0.15) is 0 Å². The van der Waals surface area contributed by atoms with Crippen molar-refractivity contribution in [3.8, 4) is 5.75 Å². The van der Waals surface area contributed by atoms with Gasteiger partial charge in [-0.1, -0.05) is 18.2 Å². The molecule has 0 spiro atoms. The third-order valence-corrected chi connectivity index (χ3v) is 4.19. The molecule has 0 saturated heterocycles. The minimum atomic E-state index is -3.80. The first-order chi connectivity index (χ1) is 9.80. The van der Waals surface area contributed by atoms with Crippen molar-refractivity contribution in [3.05, 3.63) is 53.3 Å². The standard InChI is InChI=1S/C14H15FN2O3S/c1-9-12(6-3-7-13(9)21(16,19)20)17-8-10-4-2-5-11(15)14(10)18/h2-7,17-18H,8H2,1H3,(H2,16,19,20). The van der Waals surface area contributed by atoms with E-state index >= 15 is 0 Å². The summed E-state index contributed by atoms with van der Waals surface area (Å²) in [5.41, 5.74) is 1.39. The van der Waals surface area contributed by atoms with Gasteiger partial charge in [0.05, 0.1) is 4.90 Å². The molecule has 0 unspecified atom stereocenters. The van der Waals surface area contributed by atoms with E-state index in [-0.39, 0.29) is 11.4 Å². The SMILES string of the molecule is Cc1c(NCc2cccc(F)c2O)cccc1S(N)(=O)=O. The van der Waals surface area contributed by atoms with Crippen LogP contribution in [0.5, 0.6) is 5.75 Å². The minimum Gasteiger partial charge on any atom is -0.505 e. The number of phenols is 1. The van der Waals surface area contributed by atoms with E-state index in [0.29, 0.717) is 16.8 Å². The fourth-order valence-corrected chi connectivity index (χ4v) is 2.81. The Morgan fingerprint density at radius 1 is 1.24 bits per heavy atom. The van der Waals surface area contributed by atoms with E-state index in [0.717, 1.165) is 6.07 Å². The Kier molecular flexibility index (Phi) is 4.15. The average molecular weight is 310 g/mol. The number of sulfonamides is 1. The fourth-order valence-electron chi connectivity index (χ4n) is 2.01. The van der Waals surface area contributed by atoms with E-state index in [1.807, 2.05) is 0 Å². The second-order valence-electron chi connectivity index (χ2n) is 4.57. The molecule has 0 atom stereocenters. The van der Waals surface area contributed by atoms with Crippen molar-refractivity contribution in [3.63, 3.8) is 0 Å². The first-order valence-electron chi connectivity index (χ1n) is 6.13. The molecule has 0 aliphatic heterocycles. The van der Waals surface area contributed by atoms with Crippen LogP contribution in [0.3, 0.4) is 0 Å². The molecule has 0 bridgehead atoms. The molecule has 7 heteroatoms. The van der Waals surface area contributed by atoms with Gasteiger partial charge in [-0.15, -0.1) is 0 Å². The summed E-state index contributed by atoms with van der Waals surface area (Å²) in [6, 6.07) is 8.87. The quantitative estimate of drug-likeness (QED) is 0.806.